The summed E-state index contributed by atoms with van der Waals surface area (Å²) in [5.74, 6) is -1.36. The molecule has 1 saturated heterocycles. The summed E-state index contributed by atoms with van der Waals surface area (Å²) in [6.07, 6.45) is 2.72. The summed E-state index contributed by atoms with van der Waals surface area (Å²) in [5.41, 5.74) is 3.23. The van der Waals surface area contributed by atoms with Crippen LogP contribution in [0.25, 0.3) is 11.1 Å². The van der Waals surface area contributed by atoms with E-state index in [1.807, 2.05) is 30.3 Å². The highest BCUT2D eigenvalue weighted by molar-refractivity contribution is 6.00. The standard InChI is InChI=1S/C24H22N4O4/c29-22(28-14-4-7-21(28)23(30)31)20-13-10-17(15-25-20)16-8-11-19(12-9-16)27-24(32)26-18-5-2-1-3-6-18/h1-3,5-6,8-13,15,21H,4,7,14H2,(H,30,31)(H2,26,27,32)/t21-/m1/s1. The number of pyridine rings is 1. The Kier molecular flexibility index (Phi) is 6.12. The molecule has 1 aliphatic heterocycles. The second-order valence-corrected chi connectivity index (χ2v) is 7.45. The van der Waals surface area contributed by atoms with E-state index < -0.39 is 12.0 Å². The van der Waals surface area contributed by atoms with E-state index >= 15 is 0 Å². The number of rotatable bonds is 5. The number of carboxylic acid groups (broad SMARTS) is 1. The molecule has 1 aromatic heterocycles. The van der Waals surface area contributed by atoms with E-state index in [4.69, 9.17) is 0 Å². The molecule has 0 bridgehead atoms. The maximum atomic E-state index is 12.6. The molecule has 0 spiro atoms. The van der Waals surface area contributed by atoms with Crippen molar-refractivity contribution in [1.29, 1.82) is 0 Å². The third-order valence-electron chi connectivity index (χ3n) is 5.29. The van der Waals surface area contributed by atoms with Crippen LogP contribution >= 0.6 is 0 Å². The molecule has 32 heavy (non-hydrogen) atoms. The lowest BCUT2D eigenvalue weighted by molar-refractivity contribution is -0.141. The second-order valence-electron chi connectivity index (χ2n) is 7.45. The van der Waals surface area contributed by atoms with Gasteiger partial charge in [0.15, 0.2) is 0 Å². The molecule has 8 nitrogen and oxygen atoms in total. The summed E-state index contributed by atoms with van der Waals surface area (Å²) in [6, 6.07) is 18.7. The largest absolute Gasteiger partial charge is 0.480 e. The van der Waals surface area contributed by atoms with E-state index in [9.17, 15) is 19.5 Å². The van der Waals surface area contributed by atoms with Crippen molar-refractivity contribution in [2.24, 2.45) is 0 Å². The highest BCUT2D eigenvalue weighted by atomic mass is 16.4. The number of likely N-dealkylation sites (tertiary alicyclic amines) is 1. The van der Waals surface area contributed by atoms with E-state index in [1.54, 1.807) is 42.6 Å². The van der Waals surface area contributed by atoms with Crippen LogP contribution in [-0.4, -0.2) is 45.5 Å². The summed E-state index contributed by atoms with van der Waals surface area (Å²) in [5, 5.41) is 14.8. The van der Waals surface area contributed by atoms with E-state index in [2.05, 4.69) is 15.6 Å². The zero-order valence-electron chi connectivity index (χ0n) is 17.2. The molecule has 2 heterocycles. The molecule has 0 aliphatic carbocycles. The van der Waals surface area contributed by atoms with Crippen LogP contribution in [0.1, 0.15) is 23.3 Å². The first-order valence-corrected chi connectivity index (χ1v) is 10.2. The first-order valence-electron chi connectivity index (χ1n) is 10.2. The van der Waals surface area contributed by atoms with Crippen molar-refractivity contribution in [3.63, 3.8) is 0 Å². The van der Waals surface area contributed by atoms with Crippen molar-refractivity contribution >= 4 is 29.3 Å². The number of carbonyl (C=O) groups is 3. The number of hydrogen-bond acceptors (Lipinski definition) is 4. The van der Waals surface area contributed by atoms with Crippen LogP contribution in [-0.2, 0) is 4.79 Å². The Labute approximate surface area is 184 Å². The molecule has 8 heteroatoms. The number of carbonyl (C=O) groups excluding carboxylic acids is 2. The highest BCUT2D eigenvalue weighted by Crippen LogP contribution is 2.23. The predicted molar refractivity (Wildman–Crippen MR) is 120 cm³/mol. The highest BCUT2D eigenvalue weighted by Gasteiger charge is 2.34. The summed E-state index contributed by atoms with van der Waals surface area (Å²) in [6.45, 7) is 0.422. The normalized spacial score (nSPS) is 15.2. The van der Waals surface area contributed by atoms with Crippen LogP contribution in [0.2, 0.25) is 0 Å². The monoisotopic (exact) mass is 430 g/mol. The maximum absolute atomic E-state index is 12.6. The Morgan fingerprint density at radius 3 is 2.16 bits per heavy atom. The second kappa shape index (κ2) is 9.30. The number of carboxylic acids is 1. The average molecular weight is 430 g/mol. The molecule has 1 atom stereocenters. The third-order valence-corrected chi connectivity index (χ3v) is 5.29. The zero-order chi connectivity index (χ0) is 22.5. The summed E-state index contributed by atoms with van der Waals surface area (Å²) < 4.78 is 0. The van der Waals surface area contributed by atoms with Crippen molar-refractivity contribution < 1.29 is 19.5 Å². The number of aromatic nitrogens is 1. The van der Waals surface area contributed by atoms with Crippen molar-refractivity contribution in [2.75, 3.05) is 17.2 Å². The molecular weight excluding hydrogens is 408 g/mol. The number of anilines is 2. The number of nitrogens with one attached hydrogen (secondary N) is 2. The molecule has 0 radical (unpaired) electrons. The molecule has 0 saturated carbocycles. The van der Waals surface area contributed by atoms with Gasteiger partial charge >= 0.3 is 12.0 Å². The van der Waals surface area contributed by atoms with Gasteiger partial charge in [0.25, 0.3) is 5.91 Å². The fraction of sp³-hybridized carbons (Fsp3) is 0.167. The summed E-state index contributed by atoms with van der Waals surface area (Å²) >= 11 is 0. The summed E-state index contributed by atoms with van der Waals surface area (Å²) in [4.78, 5) is 41.7. The topological polar surface area (TPSA) is 112 Å². The Balaban J connectivity index is 1.39. The lowest BCUT2D eigenvalue weighted by Gasteiger charge is -2.20. The number of benzene rings is 2. The number of aliphatic carboxylic acids is 1. The van der Waals surface area contributed by atoms with Gasteiger partial charge in [0.2, 0.25) is 0 Å². The quantitative estimate of drug-likeness (QED) is 0.565. The predicted octanol–water partition coefficient (Wildman–Crippen LogP) is 4.08. The van der Waals surface area contributed by atoms with Gasteiger partial charge in [0, 0.05) is 29.7 Å². The van der Waals surface area contributed by atoms with E-state index in [1.165, 1.54) is 4.90 Å². The molecule has 3 aromatic rings. The van der Waals surface area contributed by atoms with Crippen LogP contribution in [0.5, 0.6) is 0 Å². The van der Waals surface area contributed by atoms with Gasteiger partial charge in [-0.15, -0.1) is 0 Å². The van der Waals surface area contributed by atoms with Gasteiger partial charge in [0.1, 0.15) is 11.7 Å². The van der Waals surface area contributed by atoms with Gasteiger partial charge in [0.05, 0.1) is 0 Å². The molecule has 2 aromatic carbocycles. The van der Waals surface area contributed by atoms with Gasteiger partial charge in [-0.3, -0.25) is 9.78 Å². The molecule has 4 rings (SSSR count). The van der Waals surface area contributed by atoms with Crippen molar-refractivity contribution in [2.45, 2.75) is 18.9 Å². The van der Waals surface area contributed by atoms with Crippen molar-refractivity contribution in [1.82, 2.24) is 9.88 Å². The van der Waals surface area contributed by atoms with Gasteiger partial charge in [-0.1, -0.05) is 36.4 Å². The number of nitrogens with zero attached hydrogens (tertiary/aromatic N) is 2. The number of urea groups is 1. The Bertz CT molecular complexity index is 1120. The van der Waals surface area contributed by atoms with Crippen molar-refractivity contribution in [3.05, 3.63) is 78.6 Å². The molecule has 1 fully saturated rings. The van der Waals surface area contributed by atoms with Crippen LogP contribution in [0, 0.1) is 0 Å². The number of para-hydroxylation sites is 1. The average Bonchev–Trinajstić information content (AvgIpc) is 3.30. The molecule has 3 amide bonds. The van der Waals surface area contributed by atoms with Crippen LogP contribution in [0.4, 0.5) is 16.2 Å². The van der Waals surface area contributed by atoms with Crippen molar-refractivity contribution in [3.8, 4) is 11.1 Å². The molecular formula is C24H22N4O4. The first kappa shape index (κ1) is 21.0. The van der Waals surface area contributed by atoms with Gasteiger partial charge in [-0.05, 0) is 48.7 Å². The fourth-order valence-electron chi connectivity index (χ4n) is 3.67. The molecule has 3 N–H and O–H groups in total. The zero-order valence-corrected chi connectivity index (χ0v) is 17.2. The third kappa shape index (κ3) is 4.75. The smallest absolute Gasteiger partial charge is 0.326 e. The Morgan fingerprint density at radius 2 is 1.53 bits per heavy atom. The van der Waals surface area contributed by atoms with E-state index in [0.29, 0.717) is 30.8 Å². The van der Waals surface area contributed by atoms with E-state index in [-0.39, 0.29) is 17.6 Å². The fourth-order valence-corrected chi connectivity index (χ4v) is 3.67. The van der Waals surface area contributed by atoms with Crippen LogP contribution in [0.3, 0.4) is 0 Å². The SMILES string of the molecule is O=C(Nc1ccccc1)Nc1ccc(-c2ccc(C(=O)N3CCC[C@@H]3C(=O)O)nc2)cc1. The Morgan fingerprint density at radius 1 is 0.875 bits per heavy atom. The van der Waals surface area contributed by atoms with Gasteiger partial charge in [-0.2, -0.15) is 0 Å². The first-order chi connectivity index (χ1) is 15.5. The summed E-state index contributed by atoms with van der Waals surface area (Å²) in [7, 11) is 0. The molecule has 0 unspecified atom stereocenters. The minimum atomic E-state index is -0.987. The Hall–Kier alpha value is -4.20. The minimum absolute atomic E-state index is 0.220. The van der Waals surface area contributed by atoms with Crippen LogP contribution < -0.4 is 10.6 Å². The van der Waals surface area contributed by atoms with E-state index in [0.717, 1.165) is 11.1 Å². The molecule has 1 aliphatic rings. The minimum Gasteiger partial charge on any atom is -0.480 e. The van der Waals surface area contributed by atoms with Crippen LogP contribution in [0.15, 0.2) is 72.9 Å². The lowest BCUT2D eigenvalue weighted by atomic mass is 10.1. The number of hydrogen-bond donors (Lipinski definition) is 3. The van der Waals surface area contributed by atoms with Gasteiger partial charge < -0.3 is 20.6 Å². The van der Waals surface area contributed by atoms with Gasteiger partial charge in [-0.25, -0.2) is 9.59 Å². The lowest BCUT2D eigenvalue weighted by Crippen LogP contribution is -2.40. The maximum Gasteiger partial charge on any atom is 0.326 e. The molecule has 162 valence electrons. The number of amides is 3.